The van der Waals surface area contributed by atoms with Crippen LogP contribution < -0.4 is 0 Å². The summed E-state index contributed by atoms with van der Waals surface area (Å²) in [5, 5.41) is 0. The van der Waals surface area contributed by atoms with Crippen molar-refractivity contribution in [3.05, 3.63) is 35.4 Å². The summed E-state index contributed by atoms with van der Waals surface area (Å²) in [6.45, 7) is 4.59. The van der Waals surface area contributed by atoms with Gasteiger partial charge in [-0.2, -0.15) is 0 Å². The summed E-state index contributed by atoms with van der Waals surface area (Å²) >= 11 is 0. The van der Waals surface area contributed by atoms with Crippen LogP contribution in [0, 0.1) is 5.92 Å². The van der Waals surface area contributed by atoms with E-state index in [0.717, 1.165) is 11.8 Å². The van der Waals surface area contributed by atoms with Crippen LogP contribution in [0.2, 0.25) is 0 Å². The highest BCUT2D eigenvalue weighted by molar-refractivity contribution is 5.30. The van der Waals surface area contributed by atoms with Gasteiger partial charge < -0.3 is 0 Å². The fourth-order valence-electron chi connectivity index (χ4n) is 3.70. The first-order valence-corrected chi connectivity index (χ1v) is 8.43. The second kappa shape index (κ2) is 7.72. The van der Waals surface area contributed by atoms with E-state index < -0.39 is 0 Å². The largest absolute Gasteiger partial charge is 0.0654 e. The third-order valence-corrected chi connectivity index (χ3v) is 4.94. The molecule has 0 unspecified atom stereocenters. The standard InChI is InChI=1S/C19H30/c1-3-5-6-9-16-12-14-18(15-13-16)19-11-8-7-10-17(19)4-2/h7-8,10-11,16,18H,3-6,9,12-15H2,1-2H3. The van der Waals surface area contributed by atoms with Crippen LogP contribution in [0.5, 0.6) is 0 Å². The van der Waals surface area contributed by atoms with Crippen molar-refractivity contribution in [1.29, 1.82) is 0 Å². The molecule has 0 spiro atoms. The van der Waals surface area contributed by atoms with Crippen LogP contribution in [0.1, 0.15) is 82.3 Å². The summed E-state index contributed by atoms with van der Waals surface area (Å²) in [4.78, 5) is 0. The van der Waals surface area contributed by atoms with Crippen molar-refractivity contribution in [2.75, 3.05) is 0 Å². The Morgan fingerprint density at radius 1 is 0.947 bits per heavy atom. The van der Waals surface area contributed by atoms with Gasteiger partial charge in [0, 0.05) is 0 Å². The molecule has 0 aromatic heterocycles. The Kier molecular flexibility index (Phi) is 5.94. The van der Waals surface area contributed by atoms with Crippen molar-refractivity contribution >= 4 is 0 Å². The predicted octanol–water partition coefficient (Wildman–Crippen LogP) is 6.10. The molecule has 106 valence electrons. The van der Waals surface area contributed by atoms with Crippen LogP contribution in [-0.4, -0.2) is 0 Å². The minimum absolute atomic E-state index is 0.846. The fraction of sp³-hybridized carbons (Fsp3) is 0.684. The number of unbranched alkanes of at least 4 members (excludes halogenated alkanes) is 2. The maximum Gasteiger partial charge on any atom is -0.0159 e. The third kappa shape index (κ3) is 4.09. The van der Waals surface area contributed by atoms with Gasteiger partial charge in [-0.05, 0) is 55.1 Å². The number of rotatable bonds is 6. The van der Waals surface area contributed by atoms with Gasteiger partial charge in [-0.15, -0.1) is 0 Å². The monoisotopic (exact) mass is 258 g/mol. The molecule has 0 N–H and O–H groups in total. The van der Waals surface area contributed by atoms with E-state index in [-0.39, 0.29) is 0 Å². The molecule has 0 saturated heterocycles. The molecular weight excluding hydrogens is 228 g/mol. The molecule has 0 radical (unpaired) electrons. The van der Waals surface area contributed by atoms with E-state index in [9.17, 15) is 0 Å². The van der Waals surface area contributed by atoms with E-state index in [1.54, 1.807) is 11.1 Å². The predicted molar refractivity (Wildman–Crippen MR) is 84.7 cm³/mol. The van der Waals surface area contributed by atoms with Gasteiger partial charge in [-0.25, -0.2) is 0 Å². The normalized spacial score (nSPS) is 23.5. The van der Waals surface area contributed by atoms with Gasteiger partial charge in [0.25, 0.3) is 0 Å². The summed E-state index contributed by atoms with van der Waals surface area (Å²) in [6, 6.07) is 9.12. The van der Waals surface area contributed by atoms with Crippen molar-refractivity contribution in [3.63, 3.8) is 0 Å². The van der Waals surface area contributed by atoms with Crippen molar-refractivity contribution in [2.24, 2.45) is 5.92 Å². The maximum absolute atomic E-state index is 2.38. The third-order valence-electron chi connectivity index (χ3n) is 4.94. The second-order valence-corrected chi connectivity index (χ2v) is 6.27. The van der Waals surface area contributed by atoms with Crippen molar-refractivity contribution in [3.8, 4) is 0 Å². The topological polar surface area (TPSA) is 0 Å². The van der Waals surface area contributed by atoms with Crippen LogP contribution in [-0.2, 0) is 6.42 Å². The average Bonchev–Trinajstić information content (AvgIpc) is 2.48. The smallest absolute Gasteiger partial charge is 0.0159 e. The molecule has 0 bridgehead atoms. The van der Waals surface area contributed by atoms with Crippen LogP contribution in [0.15, 0.2) is 24.3 Å². The molecule has 0 aliphatic heterocycles. The lowest BCUT2D eigenvalue weighted by Gasteiger charge is -2.30. The zero-order valence-corrected chi connectivity index (χ0v) is 12.8. The van der Waals surface area contributed by atoms with E-state index in [1.165, 1.54) is 57.8 Å². The highest BCUT2D eigenvalue weighted by Crippen LogP contribution is 2.38. The minimum atomic E-state index is 0.846. The van der Waals surface area contributed by atoms with Crippen LogP contribution in [0.3, 0.4) is 0 Å². The fourth-order valence-corrected chi connectivity index (χ4v) is 3.70. The maximum atomic E-state index is 2.38. The number of hydrogen-bond donors (Lipinski definition) is 0. The summed E-state index contributed by atoms with van der Waals surface area (Å²) in [5.41, 5.74) is 3.23. The number of hydrogen-bond acceptors (Lipinski definition) is 0. The summed E-state index contributed by atoms with van der Waals surface area (Å²) < 4.78 is 0. The van der Waals surface area contributed by atoms with Gasteiger partial charge in [-0.3, -0.25) is 0 Å². The molecule has 0 heterocycles. The lowest BCUT2D eigenvalue weighted by atomic mass is 9.76. The number of benzene rings is 1. The molecule has 0 nitrogen and oxygen atoms in total. The minimum Gasteiger partial charge on any atom is -0.0654 e. The Balaban J connectivity index is 1.85. The van der Waals surface area contributed by atoms with E-state index >= 15 is 0 Å². The van der Waals surface area contributed by atoms with E-state index in [1.807, 2.05) is 0 Å². The average molecular weight is 258 g/mol. The van der Waals surface area contributed by atoms with Crippen LogP contribution >= 0.6 is 0 Å². The van der Waals surface area contributed by atoms with E-state index in [4.69, 9.17) is 0 Å². The molecule has 0 atom stereocenters. The molecule has 0 amide bonds. The van der Waals surface area contributed by atoms with Crippen molar-refractivity contribution < 1.29 is 0 Å². The quantitative estimate of drug-likeness (QED) is 0.540. The number of aryl methyl sites for hydroxylation is 1. The molecule has 1 aliphatic rings. The Hall–Kier alpha value is -0.780. The molecular formula is C19H30. The molecule has 1 fully saturated rings. The van der Waals surface area contributed by atoms with Gasteiger partial charge in [0.05, 0.1) is 0 Å². The Labute approximate surface area is 119 Å². The van der Waals surface area contributed by atoms with E-state index in [2.05, 4.69) is 38.1 Å². The molecule has 1 saturated carbocycles. The zero-order valence-electron chi connectivity index (χ0n) is 12.8. The highest BCUT2D eigenvalue weighted by atomic mass is 14.3. The molecule has 2 rings (SSSR count). The van der Waals surface area contributed by atoms with Gasteiger partial charge in [0.2, 0.25) is 0 Å². The van der Waals surface area contributed by atoms with Crippen LogP contribution in [0.4, 0.5) is 0 Å². The molecule has 19 heavy (non-hydrogen) atoms. The van der Waals surface area contributed by atoms with Gasteiger partial charge in [0.15, 0.2) is 0 Å². The molecule has 0 heteroatoms. The first-order valence-electron chi connectivity index (χ1n) is 8.43. The molecule has 1 aromatic carbocycles. The lowest BCUT2D eigenvalue weighted by Crippen LogP contribution is -2.14. The Morgan fingerprint density at radius 2 is 1.68 bits per heavy atom. The second-order valence-electron chi connectivity index (χ2n) is 6.27. The van der Waals surface area contributed by atoms with Gasteiger partial charge >= 0.3 is 0 Å². The summed E-state index contributed by atoms with van der Waals surface area (Å²) in [6.07, 6.45) is 12.7. The van der Waals surface area contributed by atoms with Gasteiger partial charge in [-0.1, -0.05) is 63.8 Å². The first kappa shape index (κ1) is 14.6. The van der Waals surface area contributed by atoms with E-state index in [0.29, 0.717) is 0 Å². The molecule has 1 aromatic rings. The molecule has 1 aliphatic carbocycles. The summed E-state index contributed by atoms with van der Waals surface area (Å²) in [5.74, 6) is 1.87. The van der Waals surface area contributed by atoms with Crippen LogP contribution in [0.25, 0.3) is 0 Å². The van der Waals surface area contributed by atoms with Crippen molar-refractivity contribution in [1.82, 2.24) is 0 Å². The van der Waals surface area contributed by atoms with Crippen molar-refractivity contribution in [2.45, 2.75) is 77.6 Å². The SMILES string of the molecule is CCCCCC1CCC(c2ccccc2CC)CC1. The first-order chi connectivity index (χ1) is 9.35. The summed E-state index contributed by atoms with van der Waals surface area (Å²) in [7, 11) is 0. The Bertz CT molecular complexity index is 358. The highest BCUT2D eigenvalue weighted by Gasteiger charge is 2.23. The lowest BCUT2D eigenvalue weighted by molar-refractivity contribution is 0.302. The zero-order chi connectivity index (χ0) is 13.5. The Morgan fingerprint density at radius 3 is 2.37 bits per heavy atom. The van der Waals surface area contributed by atoms with Gasteiger partial charge in [0.1, 0.15) is 0 Å².